The average Bonchev–Trinajstić information content (AvgIpc) is 3.24. The van der Waals surface area contributed by atoms with Crippen LogP contribution in [-0.2, 0) is 20.9 Å². The van der Waals surface area contributed by atoms with E-state index in [0.29, 0.717) is 17.3 Å². The molecule has 29 heavy (non-hydrogen) atoms. The van der Waals surface area contributed by atoms with Gasteiger partial charge in [0.1, 0.15) is 18.0 Å². The number of amides is 1. The van der Waals surface area contributed by atoms with E-state index in [4.69, 9.17) is 18.7 Å². The van der Waals surface area contributed by atoms with Crippen LogP contribution in [0.2, 0.25) is 0 Å². The lowest BCUT2D eigenvalue weighted by Crippen LogP contribution is -2.34. The Bertz CT molecular complexity index is 940. The number of benzene rings is 2. The van der Waals surface area contributed by atoms with Gasteiger partial charge in [-0.3, -0.25) is 9.59 Å². The van der Waals surface area contributed by atoms with Gasteiger partial charge < -0.3 is 24.1 Å². The van der Waals surface area contributed by atoms with E-state index < -0.39 is 11.9 Å². The molecule has 0 aliphatic rings. The third-order valence-electron chi connectivity index (χ3n) is 3.72. The van der Waals surface area contributed by atoms with Crippen molar-refractivity contribution in [3.8, 4) is 22.9 Å². The smallest absolute Gasteiger partial charge is 0.325 e. The van der Waals surface area contributed by atoms with Crippen LogP contribution in [0.25, 0.3) is 11.4 Å². The molecule has 0 aliphatic carbocycles. The van der Waals surface area contributed by atoms with Crippen LogP contribution in [0.5, 0.6) is 11.5 Å². The van der Waals surface area contributed by atoms with Crippen LogP contribution in [0, 0.1) is 0 Å². The second kappa shape index (κ2) is 9.88. The molecule has 0 saturated heterocycles. The first-order valence-corrected chi connectivity index (χ1v) is 8.71. The van der Waals surface area contributed by atoms with E-state index in [0.717, 1.165) is 5.56 Å². The van der Waals surface area contributed by atoms with Gasteiger partial charge in [-0.25, -0.2) is 0 Å². The van der Waals surface area contributed by atoms with Gasteiger partial charge in [-0.05, 0) is 36.4 Å². The van der Waals surface area contributed by atoms with Crippen molar-refractivity contribution in [1.82, 2.24) is 15.5 Å². The molecule has 3 rings (SSSR count). The highest BCUT2D eigenvalue weighted by Gasteiger charge is 2.12. The van der Waals surface area contributed by atoms with Crippen LogP contribution in [-0.4, -0.2) is 42.3 Å². The first-order valence-electron chi connectivity index (χ1n) is 8.71. The Morgan fingerprint density at radius 2 is 1.79 bits per heavy atom. The van der Waals surface area contributed by atoms with Crippen LogP contribution in [0.4, 0.5) is 0 Å². The highest BCUT2D eigenvalue weighted by atomic mass is 16.6. The number of ether oxygens (including phenoxy) is 3. The number of hydrogen-bond acceptors (Lipinski definition) is 8. The molecule has 0 saturated carbocycles. The van der Waals surface area contributed by atoms with Gasteiger partial charge in [0.2, 0.25) is 5.82 Å². The van der Waals surface area contributed by atoms with E-state index in [1.165, 1.54) is 0 Å². The standard InChI is InChI=1S/C20H19N3O6/c1-26-15-9-7-14(8-10-15)20-22-18(29-23-20)13-28-19(25)11-21-17(24)12-27-16-5-3-2-4-6-16/h2-10H,11-13H2,1H3,(H,21,24). The molecule has 0 bridgehead atoms. The van der Waals surface area contributed by atoms with Gasteiger partial charge in [-0.1, -0.05) is 23.4 Å². The minimum absolute atomic E-state index is 0.142. The van der Waals surface area contributed by atoms with E-state index in [9.17, 15) is 9.59 Å². The maximum absolute atomic E-state index is 11.8. The van der Waals surface area contributed by atoms with Crippen LogP contribution < -0.4 is 14.8 Å². The number of methoxy groups -OCH3 is 1. The Morgan fingerprint density at radius 3 is 2.52 bits per heavy atom. The number of nitrogens with one attached hydrogen (secondary N) is 1. The monoisotopic (exact) mass is 397 g/mol. The van der Waals surface area contributed by atoms with E-state index in [2.05, 4.69) is 15.5 Å². The van der Waals surface area contributed by atoms with Gasteiger partial charge in [0.05, 0.1) is 7.11 Å². The Hall–Kier alpha value is -3.88. The van der Waals surface area contributed by atoms with E-state index in [-0.39, 0.29) is 25.6 Å². The van der Waals surface area contributed by atoms with Crippen molar-refractivity contribution in [2.45, 2.75) is 6.61 Å². The molecule has 0 spiro atoms. The van der Waals surface area contributed by atoms with Gasteiger partial charge in [0.15, 0.2) is 13.2 Å². The third-order valence-corrected chi connectivity index (χ3v) is 3.72. The number of carbonyl (C=O) groups excluding carboxylic acids is 2. The number of nitrogens with zero attached hydrogens (tertiary/aromatic N) is 2. The fraction of sp³-hybridized carbons (Fsp3) is 0.200. The van der Waals surface area contributed by atoms with Gasteiger partial charge in [0.25, 0.3) is 11.8 Å². The third kappa shape index (κ3) is 6.06. The average molecular weight is 397 g/mol. The van der Waals surface area contributed by atoms with Gasteiger partial charge >= 0.3 is 5.97 Å². The normalized spacial score (nSPS) is 10.2. The van der Waals surface area contributed by atoms with Gasteiger partial charge in [-0.2, -0.15) is 4.98 Å². The number of rotatable bonds is 9. The maximum Gasteiger partial charge on any atom is 0.325 e. The molecular formula is C20H19N3O6. The molecule has 0 aliphatic heterocycles. The largest absolute Gasteiger partial charge is 0.497 e. The highest BCUT2D eigenvalue weighted by molar-refractivity contribution is 5.82. The second-order valence-electron chi connectivity index (χ2n) is 5.78. The van der Waals surface area contributed by atoms with Crippen molar-refractivity contribution in [2.75, 3.05) is 20.3 Å². The summed E-state index contributed by atoms with van der Waals surface area (Å²) in [6, 6.07) is 16.0. The lowest BCUT2D eigenvalue weighted by atomic mass is 10.2. The summed E-state index contributed by atoms with van der Waals surface area (Å²) in [6.07, 6.45) is 0. The molecule has 2 aromatic carbocycles. The molecule has 150 valence electrons. The van der Waals surface area contributed by atoms with E-state index in [1.807, 2.05) is 6.07 Å². The lowest BCUT2D eigenvalue weighted by Gasteiger charge is -2.07. The summed E-state index contributed by atoms with van der Waals surface area (Å²) in [5, 5.41) is 6.26. The molecule has 0 atom stereocenters. The van der Waals surface area contributed by atoms with Crippen molar-refractivity contribution in [2.24, 2.45) is 0 Å². The summed E-state index contributed by atoms with van der Waals surface area (Å²) in [6.45, 7) is -0.693. The zero-order chi connectivity index (χ0) is 20.5. The van der Waals surface area contributed by atoms with Gasteiger partial charge in [0, 0.05) is 5.56 Å². The zero-order valence-corrected chi connectivity index (χ0v) is 15.7. The fourth-order valence-electron chi connectivity index (χ4n) is 2.25. The van der Waals surface area contributed by atoms with Crippen LogP contribution in [0.15, 0.2) is 59.1 Å². The Labute approximate surface area is 166 Å². The number of esters is 1. The van der Waals surface area contributed by atoms with Crippen molar-refractivity contribution in [1.29, 1.82) is 0 Å². The van der Waals surface area contributed by atoms with Crippen LogP contribution in [0.3, 0.4) is 0 Å². The first kappa shape index (κ1) is 19.9. The minimum Gasteiger partial charge on any atom is -0.497 e. The predicted molar refractivity (Wildman–Crippen MR) is 101 cm³/mol. The first-order chi connectivity index (χ1) is 14.1. The molecule has 3 aromatic rings. The summed E-state index contributed by atoms with van der Waals surface area (Å²) in [5.74, 6) is 0.706. The van der Waals surface area contributed by atoms with Crippen molar-refractivity contribution < 1.29 is 28.3 Å². The maximum atomic E-state index is 11.8. The van der Waals surface area contributed by atoms with Crippen LogP contribution in [0.1, 0.15) is 5.89 Å². The molecule has 1 aromatic heterocycles. The Balaban J connectivity index is 1.39. The zero-order valence-electron chi connectivity index (χ0n) is 15.7. The molecular weight excluding hydrogens is 378 g/mol. The number of hydrogen-bond donors (Lipinski definition) is 1. The van der Waals surface area contributed by atoms with E-state index in [1.54, 1.807) is 55.6 Å². The molecule has 1 heterocycles. The molecule has 0 radical (unpaired) electrons. The summed E-state index contributed by atoms with van der Waals surface area (Å²) in [4.78, 5) is 27.6. The van der Waals surface area contributed by atoms with Crippen molar-refractivity contribution in [3.05, 3.63) is 60.5 Å². The van der Waals surface area contributed by atoms with Crippen molar-refractivity contribution >= 4 is 11.9 Å². The fourth-order valence-corrected chi connectivity index (χ4v) is 2.25. The topological polar surface area (TPSA) is 113 Å². The SMILES string of the molecule is COc1ccc(-c2noc(COC(=O)CNC(=O)COc3ccccc3)n2)cc1. The highest BCUT2D eigenvalue weighted by Crippen LogP contribution is 2.19. The molecule has 1 amide bonds. The minimum atomic E-state index is -0.637. The Kier molecular flexibility index (Phi) is 6.77. The molecule has 9 nitrogen and oxygen atoms in total. The molecule has 9 heteroatoms. The summed E-state index contributed by atoms with van der Waals surface area (Å²) >= 11 is 0. The summed E-state index contributed by atoms with van der Waals surface area (Å²) in [7, 11) is 1.58. The second-order valence-corrected chi connectivity index (χ2v) is 5.78. The molecule has 1 N–H and O–H groups in total. The lowest BCUT2D eigenvalue weighted by molar-refractivity contribution is -0.146. The number of aromatic nitrogens is 2. The van der Waals surface area contributed by atoms with Crippen molar-refractivity contribution in [3.63, 3.8) is 0 Å². The summed E-state index contributed by atoms with van der Waals surface area (Å²) < 4.78 is 20.5. The number of carbonyl (C=O) groups is 2. The quantitative estimate of drug-likeness (QED) is 0.546. The Morgan fingerprint density at radius 1 is 1.03 bits per heavy atom. The molecule has 0 unspecified atom stereocenters. The molecule has 0 fully saturated rings. The summed E-state index contributed by atoms with van der Waals surface area (Å²) in [5.41, 5.74) is 0.734. The van der Waals surface area contributed by atoms with Gasteiger partial charge in [-0.15, -0.1) is 0 Å². The van der Waals surface area contributed by atoms with E-state index >= 15 is 0 Å². The predicted octanol–water partition coefficient (Wildman–Crippen LogP) is 1.98. The number of para-hydroxylation sites is 1. The van der Waals surface area contributed by atoms with Crippen LogP contribution >= 0.6 is 0 Å².